The van der Waals surface area contributed by atoms with Crippen molar-refractivity contribution in [3.8, 4) is 17.2 Å². The Morgan fingerprint density at radius 1 is 1.12 bits per heavy atom. The number of rotatable bonds is 6. The van der Waals surface area contributed by atoms with Crippen LogP contribution >= 0.6 is 11.6 Å². The van der Waals surface area contributed by atoms with Gasteiger partial charge in [-0.3, -0.25) is 10.1 Å². The van der Waals surface area contributed by atoms with Crippen molar-refractivity contribution in [2.24, 2.45) is 0 Å². The second-order valence-electron chi connectivity index (χ2n) is 4.91. The first kappa shape index (κ1) is 18.8. The lowest BCUT2D eigenvalue weighted by Gasteiger charge is -2.18. The van der Waals surface area contributed by atoms with Crippen molar-refractivity contribution in [3.63, 3.8) is 0 Å². The van der Waals surface area contributed by atoms with Crippen molar-refractivity contribution in [2.75, 3.05) is 21.3 Å². The monoisotopic (exact) mass is 371 g/mol. The van der Waals surface area contributed by atoms with E-state index in [0.29, 0.717) is 0 Å². The predicted molar refractivity (Wildman–Crippen MR) is 88.2 cm³/mol. The summed E-state index contributed by atoms with van der Waals surface area (Å²) < 4.78 is 29.4. The highest BCUT2D eigenvalue weighted by Gasteiger charge is 2.33. The molecular formula is C16H15ClFNO6. The molecule has 0 aliphatic carbocycles. The SMILES string of the molecule is COc1cc(C(O)c2cc(Cl)ccc2F)c([N+](=O)[O-])c(OC)c1OC. The van der Waals surface area contributed by atoms with E-state index in [0.717, 1.165) is 6.07 Å². The summed E-state index contributed by atoms with van der Waals surface area (Å²) in [5.41, 5.74) is -1.00. The van der Waals surface area contributed by atoms with E-state index in [4.69, 9.17) is 25.8 Å². The summed E-state index contributed by atoms with van der Waals surface area (Å²) in [7, 11) is 3.82. The summed E-state index contributed by atoms with van der Waals surface area (Å²) in [6.45, 7) is 0. The van der Waals surface area contributed by atoms with Gasteiger partial charge in [-0.1, -0.05) is 11.6 Å². The smallest absolute Gasteiger partial charge is 0.321 e. The maximum absolute atomic E-state index is 14.1. The van der Waals surface area contributed by atoms with Gasteiger partial charge < -0.3 is 19.3 Å². The van der Waals surface area contributed by atoms with Crippen molar-refractivity contribution in [2.45, 2.75) is 6.10 Å². The zero-order chi connectivity index (χ0) is 18.7. The maximum atomic E-state index is 14.1. The van der Waals surface area contributed by atoms with E-state index in [2.05, 4.69) is 0 Å². The Labute approximate surface area is 147 Å². The Hall–Kier alpha value is -2.58. The predicted octanol–water partition coefficient (Wildman–Crippen LogP) is 3.49. The van der Waals surface area contributed by atoms with Gasteiger partial charge in [0.05, 0.1) is 31.8 Å². The minimum absolute atomic E-state index is 0.0146. The van der Waals surface area contributed by atoms with E-state index in [-0.39, 0.29) is 33.4 Å². The Morgan fingerprint density at radius 2 is 1.76 bits per heavy atom. The van der Waals surface area contributed by atoms with Crippen LogP contribution in [0, 0.1) is 15.9 Å². The molecule has 134 valence electrons. The minimum Gasteiger partial charge on any atom is -0.493 e. The molecule has 0 heterocycles. The average molecular weight is 372 g/mol. The van der Waals surface area contributed by atoms with Gasteiger partial charge >= 0.3 is 5.69 Å². The summed E-state index contributed by atoms with van der Waals surface area (Å²) in [6, 6.07) is 4.75. The molecule has 0 aliphatic rings. The molecule has 0 saturated carbocycles. The van der Waals surface area contributed by atoms with Crippen LogP contribution < -0.4 is 14.2 Å². The van der Waals surface area contributed by atoms with Crippen molar-refractivity contribution >= 4 is 17.3 Å². The lowest BCUT2D eigenvalue weighted by molar-refractivity contribution is -0.387. The second kappa shape index (κ2) is 7.54. The van der Waals surface area contributed by atoms with Crippen molar-refractivity contribution in [1.82, 2.24) is 0 Å². The van der Waals surface area contributed by atoms with Crippen LogP contribution in [0.2, 0.25) is 5.02 Å². The van der Waals surface area contributed by atoms with Gasteiger partial charge in [0.25, 0.3) is 0 Å². The van der Waals surface area contributed by atoms with E-state index in [1.165, 1.54) is 39.5 Å². The molecule has 9 heteroatoms. The van der Waals surface area contributed by atoms with Crippen LogP contribution in [0.15, 0.2) is 24.3 Å². The average Bonchev–Trinajstić information content (AvgIpc) is 2.60. The summed E-state index contributed by atoms with van der Waals surface area (Å²) in [4.78, 5) is 10.8. The quantitative estimate of drug-likeness (QED) is 0.617. The first-order chi connectivity index (χ1) is 11.8. The fourth-order valence-electron chi connectivity index (χ4n) is 2.45. The zero-order valence-corrected chi connectivity index (χ0v) is 14.3. The van der Waals surface area contributed by atoms with E-state index >= 15 is 0 Å². The third-order valence-corrected chi connectivity index (χ3v) is 3.80. The van der Waals surface area contributed by atoms with E-state index < -0.39 is 22.5 Å². The molecule has 1 atom stereocenters. The molecule has 0 saturated heterocycles. The lowest BCUT2D eigenvalue weighted by Crippen LogP contribution is -2.09. The number of nitro benzene ring substituents is 1. The summed E-state index contributed by atoms with van der Waals surface area (Å²) in [6.07, 6.45) is -1.67. The van der Waals surface area contributed by atoms with Crippen LogP contribution in [0.4, 0.5) is 10.1 Å². The van der Waals surface area contributed by atoms with Crippen molar-refractivity contribution in [1.29, 1.82) is 0 Å². The minimum atomic E-state index is -1.67. The molecule has 0 amide bonds. The molecule has 1 unspecified atom stereocenters. The van der Waals surface area contributed by atoms with Crippen LogP contribution in [0.1, 0.15) is 17.2 Å². The topological polar surface area (TPSA) is 91.1 Å². The summed E-state index contributed by atoms with van der Waals surface area (Å²) in [5.74, 6) is -0.941. The molecule has 2 aromatic rings. The van der Waals surface area contributed by atoms with Gasteiger partial charge in [0.15, 0.2) is 5.75 Å². The van der Waals surface area contributed by atoms with Gasteiger partial charge in [-0.2, -0.15) is 0 Å². The first-order valence-corrected chi connectivity index (χ1v) is 7.33. The van der Waals surface area contributed by atoms with Gasteiger partial charge in [-0.05, 0) is 24.3 Å². The highest BCUT2D eigenvalue weighted by molar-refractivity contribution is 6.30. The highest BCUT2D eigenvalue weighted by atomic mass is 35.5. The molecule has 7 nitrogen and oxygen atoms in total. The number of hydrogen-bond acceptors (Lipinski definition) is 6. The molecule has 0 radical (unpaired) electrons. The van der Waals surface area contributed by atoms with Gasteiger partial charge in [0, 0.05) is 10.6 Å². The molecule has 1 N–H and O–H groups in total. The number of halogens is 2. The Bertz CT molecular complexity index is 814. The third-order valence-electron chi connectivity index (χ3n) is 3.56. The van der Waals surface area contributed by atoms with E-state index in [9.17, 15) is 19.6 Å². The third kappa shape index (κ3) is 3.45. The largest absolute Gasteiger partial charge is 0.493 e. The molecule has 0 aliphatic heterocycles. The number of methoxy groups -OCH3 is 3. The number of aliphatic hydroxyl groups is 1. The highest BCUT2D eigenvalue weighted by Crippen LogP contribution is 2.49. The molecule has 0 fully saturated rings. The maximum Gasteiger partial charge on any atom is 0.321 e. The number of ether oxygens (including phenoxy) is 3. The number of nitro groups is 1. The number of aliphatic hydroxyl groups excluding tert-OH is 1. The second-order valence-corrected chi connectivity index (χ2v) is 5.35. The van der Waals surface area contributed by atoms with E-state index in [1.807, 2.05) is 0 Å². The van der Waals surface area contributed by atoms with Gasteiger partial charge in [0.1, 0.15) is 11.9 Å². The number of hydrogen-bond donors (Lipinski definition) is 1. The van der Waals surface area contributed by atoms with Gasteiger partial charge in [0.2, 0.25) is 11.5 Å². The Balaban J connectivity index is 2.79. The van der Waals surface area contributed by atoms with Crippen LogP contribution in [-0.2, 0) is 0 Å². The van der Waals surface area contributed by atoms with E-state index in [1.54, 1.807) is 0 Å². The summed E-state index contributed by atoms with van der Waals surface area (Å²) in [5, 5.41) is 22.3. The van der Waals surface area contributed by atoms with Gasteiger partial charge in [-0.25, -0.2) is 4.39 Å². The first-order valence-electron chi connectivity index (χ1n) is 6.95. The molecular weight excluding hydrogens is 357 g/mol. The fourth-order valence-corrected chi connectivity index (χ4v) is 2.63. The molecule has 25 heavy (non-hydrogen) atoms. The molecule has 0 bridgehead atoms. The zero-order valence-electron chi connectivity index (χ0n) is 13.6. The lowest BCUT2D eigenvalue weighted by atomic mass is 9.98. The summed E-state index contributed by atoms with van der Waals surface area (Å²) >= 11 is 5.83. The Morgan fingerprint density at radius 3 is 2.28 bits per heavy atom. The van der Waals surface area contributed by atoms with Crippen molar-refractivity contribution < 1.29 is 28.6 Å². The van der Waals surface area contributed by atoms with Crippen LogP contribution in [0.5, 0.6) is 17.2 Å². The molecule has 2 rings (SSSR count). The van der Waals surface area contributed by atoms with Crippen molar-refractivity contribution in [3.05, 3.63) is 56.3 Å². The fraction of sp³-hybridized carbons (Fsp3) is 0.250. The van der Waals surface area contributed by atoms with Gasteiger partial charge in [-0.15, -0.1) is 0 Å². The standard InChI is InChI=1S/C16H15ClFNO6/c1-23-12-7-10(13(19(21)22)16(25-3)15(12)24-2)14(20)9-6-8(17)4-5-11(9)18/h4-7,14,20H,1-3H3. The van der Waals surface area contributed by atoms with Crippen LogP contribution in [-0.4, -0.2) is 31.4 Å². The number of nitrogens with zero attached hydrogens (tertiary/aromatic N) is 1. The van der Waals surface area contributed by atoms with Crippen LogP contribution in [0.3, 0.4) is 0 Å². The van der Waals surface area contributed by atoms with Crippen LogP contribution in [0.25, 0.3) is 0 Å². The normalized spacial score (nSPS) is 11.8. The Kier molecular flexibility index (Phi) is 5.66. The molecule has 0 aromatic heterocycles. The molecule has 2 aromatic carbocycles. The molecule has 0 spiro atoms. The number of benzene rings is 2.